The normalized spacial score (nSPS) is 11.3. The zero-order valence-corrected chi connectivity index (χ0v) is 11.2. The molecule has 0 aliphatic heterocycles. The average molecular weight is 299 g/mol. The Morgan fingerprint density at radius 3 is 2.60 bits per heavy atom. The molecule has 8 heteroatoms. The fourth-order valence-corrected chi connectivity index (χ4v) is 2.73. The summed E-state index contributed by atoms with van der Waals surface area (Å²) in [4.78, 5) is 3.05. The van der Waals surface area contributed by atoms with Gasteiger partial charge in [-0.3, -0.25) is 9.71 Å². The van der Waals surface area contributed by atoms with Gasteiger partial charge in [-0.15, -0.1) is 0 Å². The third kappa shape index (κ3) is 2.69. The van der Waals surface area contributed by atoms with Crippen LogP contribution in [0.25, 0.3) is 0 Å². The molecule has 1 aromatic carbocycles. The highest BCUT2D eigenvalue weighted by molar-refractivity contribution is 7.92. The molecule has 0 saturated heterocycles. The average Bonchev–Trinajstić information content (AvgIpc) is 2.36. The summed E-state index contributed by atoms with van der Waals surface area (Å²) >= 11 is 0. The molecule has 0 unspecified atom stereocenters. The van der Waals surface area contributed by atoms with E-state index in [4.69, 9.17) is 5.73 Å². The summed E-state index contributed by atoms with van der Waals surface area (Å²) in [5, 5.41) is 0. The molecule has 0 aliphatic rings. The molecule has 1 heterocycles. The fraction of sp³-hybridized carbons (Fsp3) is 0.0833. The maximum absolute atomic E-state index is 13.6. The predicted octanol–water partition coefficient (Wildman–Crippen LogP) is 2.05. The number of nitrogens with zero attached hydrogens (tertiary/aromatic N) is 1. The van der Waals surface area contributed by atoms with Gasteiger partial charge in [0.05, 0.1) is 17.6 Å². The first-order chi connectivity index (χ1) is 9.31. The van der Waals surface area contributed by atoms with Crippen molar-refractivity contribution in [2.24, 2.45) is 0 Å². The van der Waals surface area contributed by atoms with Crippen molar-refractivity contribution in [2.45, 2.75) is 11.8 Å². The molecule has 20 heavy (non-hydrogen) atoms. The van der Waals surface area contributed by atoms with Gasteiger partial charge in [0.1, 0.15) is 16.5 Å². The van der Waals surface area contributed by atoms with Gasteiger partial charge >= 0.3 is 0 Å². The Kier molecular flexibility index (Phi) is 3.58. The van der Waals surface area contributed by atoms with Crippen LogP contribution in [0.15, 0.2) is 35.5 Å². The van der Waals surface area contributed by atoms with E-state index in [9.17, 15) is 17.2 Å². The van der Waals surface area contributed by atoms with Crippen molar-refractivity contribution in [2.75, 3.05) is 10.5 Å². The lowest BCUT2D eigenvalue weighted by molar-refractivity contribution is 0.553. The van der Waals surface area contributed by atoms with Crippen LogP contribution < -0.4 is 10.5 Å². The van der Waals surface area contributed by atoms with Crippen molar-refractivity contribution in [1.82, 2.24) is 4.98 Å². The predicted molar refractivity (Wildman–Crippen MR) is 70.6 cm³/mol. The molecule has 0 radical (unpaired) electrons. The SMILES string of the molecule is Cc1ccncc1NS(=O)(=O)c1cc(N)c(F)cc1F. The molecule has 0 aliphatic carbocycles. The van der Waals surface area contributed by atoms with E-state index in [-0.39, 0.29) is 5.69 Å². The standard InChI is InChI=1S/C12H11F2N3O2S/c1-7-2-3-16-6-11(7)17-20(18,19)12-5-10(15)8(13)4-9(12)14/h2-6,17H,15H2,1H3. The van der Waals surface area contributed by atoms with Crippen LogP contribution in [0, 0.1) is 18.6 Å². The molecule has 2 rings (SSSR count). The molecule has 1 aromatic heterocycles. The van der Waals surface area contributed by atoms with Gasteiger partial charge in [0.15, 0.2) is 0 Å². The van der Waals surface area contributed by atoms with Crippen molar-refractivity contribution in [3.8, 4) is 0 Å². The number of hydrogen-bond donors (Lipinski definition) is 2. The first kappa shape index (κ1) is 14.2. The van der Waals surface area contributed by atoms with Gasteiger partial charge in [-0.05, 0) is 24.6 Å². The third-order valence-corrected chi connectivity index (χ3v) is 4.00. The Balaban J connectivity index is 2.47. The molecule has 5 nitrogen and oxygen atoms in total. The molecule has 0 bridgehead atoms. The summed E-state index contributed by atoms with van der Waals surface area (Å²) in [7, 11) is -4.22. The lowest BCUT2D eigenvalue weighted by atomic mass is 10.3. The van der Waals surface area contributed by atoms with E-state index >= 15 is 0 Å². The number of sulfonamides is 1. The van der Waals surface area contributed by atoms with Crippen LogP contribution in [-0.2, 0) is 10.0 Å². The number of nitrogens with two attached hydrogens (primary N) is 1. The minimum Gasteiger partial charge on any atom is -0.396 e. The van der Waals surface area contributed by atoms with E-state index in [1.807, 2.05) is 0 Å². The monoisotopic (exact) mass is 299 g/mol. The maximum Gasteiger partial charge on any atom is 0.264 e. The molecule has 0 atom stereocenters. The smallest absolute Gasteiger partial charge is 0.264 e. The number of hydrogen-bond acceptors (Lipinski definition) is 4. The Morgan fingerprint density at radius 1 is 1.25 bits per heavy atom. The quantitative estimate of drug-likeness (QED) is 0.849. The first-order valence-corrected chi connectivity index (χ1v) is 6.97. The summed E-state index contributed by atoms with van der Waals surface area (Å²) in [6.07, 6.45) is 2.78. The number of anilines is 2. The van der Waals surface area contributed by atoms with E-state index in [0.717, 1.165) is 6.07 Å². The van der Waals surface area contributed by atoms with Crippen LogP contribution in [0.2, 0.25) is 0 Å². The number of rotatable bonds is 3. The molecule has 0 saturated carbocycles. The van der Waals surface area contributed by atoms with E-state index in [0.29, 0.717) is 11.6 Å². The molecular formula is C12H11F2N3O2S. The van der Waals surface area contributed by atoms with Gasteiger partial charge in [0.25, 0.3) is 10.0 Å². The zero-order chi connectivity index (χ0) is 14.9. The fourth-order valence-electron chi connectivity index (χ4n) is 1.52. The molecule has 106 valence electrons. The highest BCUT2D eigenvalue weighted by Crippen LogP contribution is 2.24. The van der Waals surface area contributed by atoms with E-state index in [2.05, 4.69) is 9.71 Å². The van der Waals surface area contributed by atoms with Crippen LogP contribution in [0.5, 0.6) is 0 Å². The molecule has 3 N–H and O–H groups in total. The van der Waals surface area contributed by atoms with Crippen molar-refractivity contribution in [1.29, 1.82) is 0 Å². The van der Waals surface area contributed by atoms with Crippen molar-refractivity contribution < 1.29 is 17.2 Å². The topological polar surface area (TPSA) is 85.1 Å². The summed E-state index contributed by atoms with van der Waals surface area (Å²) in [6, 6.07) is 2.76. The summed E-state index contributed by atoms with van der Waals surface area (Å²) in [6.45, 7) is 1.66. The molecule has 2 aromatic rings. The molecule has 0 spiro atoms. The van der Waals surface area contributed by atoms with Crippen LogP contribution in [0.3, 0.4) is 0 Å². The number of nitrogens with one attached hydrogen (secondary N) is 1. The highest BCUT2D eigenvalue weighted by Gasteiger charge is 2.22. The number of pyridine rings is 1. The van der Waals surface area contributed by atoms with E-state index in [1.54, 1.807) is 13.0 Å². The Hall–Kier alpha value is -2.22. The maximum atomic E-state index is 13.6. The second kappa shape index (κ2) is 5.04. The van der Waals surface area contributed by atoms with Crippen molar-refractivity contribution >= 4 is 21.4 Å². The van der Waals surface area contributed by atoms with Crippen molar-refractivity contribution in [3.05, 3.63) is 47.8 Å². The number of nitrogen functional groups attached to an aromatic ring is 1. The van der Waals surface area contributed by atoms with Crippen LogP contribution in [0.1, 0.15) is 5.56 Å². The summed E-state index contributed by atoms with van der Waals surface area (Å²) in [5.41, 5.74) is 5.63. The lowest BCUT2D eigenvalue weighted by Crippen LogP contribution is -2.16. The van der Waals surface area contributed by atoms with Crippen molar-refractivity contribution in [3.63, 3.8) is 0 Å². The van der Waals surface area contributed by atoms with Crippen LogP contribution >= 0.6 is 0 Å². The third-order valence-electron chi connectivity index (χ3n) is 2.62. The molecule has 0 amide bonds. The van der Waals surface area contributed by atoms with Crippen LogP contribution in [-0.4, -0.2) is 13.4 Å². The van der Waals surface area contributed by atoms with Gasteiger partial charge in [0.2, 0.25) is 0 Å². The second-order valence-corrected chi connectivity index (χ2v) is 5.75. The number of benzene rings is 1. The van der Waals surface area contributed by atoms with E-state index < -0.39 is 32.2 Å². The van der Waals surface area contributed by atoms with Gasteiger partial charge in [0, 0.05) is 12.3 Å². The van der Waals surface area contributed by atoms with Gasteiger partial charge in [-0.1, -0.05) is 0 Å². The summed E-state index contributed by atoms with van der Waals surface area (Å²) in [5.74, 6) is -2.23. The second-order valence-electron chi connectivity index (χ2n) is 4.10. The number of halogens is 2. The molecular weight excluding hydrogens is 288 g/mol. The minimum atomic E-state index is -4.22. The zero-order valence-electron chi connectivity index (χ0n) is 10.4. The lowest BCUT2D eigenvalue weighted by Gasteiger charge is -2.11. The number of aromatic nitrogens is 1. The van der Waals surface area contributed by atoms with E-state index in [1.165, 1.54) is 12.4 Å². The molecule has 0 fully saturated rings. The minimum absolute atomic E-state index is 0.204. The van der Waals surface area contributed by atoms with Gasteiger partial charge < -0.3 is 5.73 Å². The Morgan fingerprint density at radius 2 is 1.95 bits per heavy atom. The summed E-state index contributed by atoms with van der Waals surface area (Å²) < 4.78 is 53.0. The first-order valence-electron chi connectivity index (χ1n) is 5.49. The largest absolute Gasteiger partial charge is 0.396 e. The van der Waals surface area contributed by atoms with Gasteiger partial charge in [-0.2, -0.15) is 0 Å². The van der Waals surface area contributed by atoms with Gasteiger partial charge in [-0.25, -0.2) is 17.2 Å². The Labute approximate surface area is 114 Å². The van der Waals surface area contributed by atoms with Crippen LogP contribution in [0.4, 0.5) is 20.2 Å². The Bertz CT molecular complexity index is 763. The highest BCUT2D eigenvalue weighted by atomic mass is 32.2. The number of aryl methyl sites for hydroxylation is 1.